The summed E-state index contributed by atoms with van der Waals surface area (Å²) in [6, 6.07) is 6.02. The van der Waals surface area contributed by atoms with Gasteiger partial charge < -0.3 is 14.2 Å². The lowest BCUT2D eigenvalue weighted by atomic mass is 10.3. The van der Waals surface area contributed by atoms with Crippen molar-refractivity contribution in [3.05, 3.63) is 24.0 Å². The topological polar surface area (TPSA) is 30.3 Å². The number of benzene rings is 1. The molecule has 4 nitrogen and oxygen atoms in total. The zero-order chi connectivity index (χ0) is 13.8. The van der Waals surface area contributed by atoms with E-state index in [0.717, 1.165) is 42.1 Å². The highest BCUT2D eigenvalue weighted by atomic mass is 35.5. The fourth-order valence-corrected chi connectivity index (χ4v) is 2.33. The van der Waals surface area contributed by atoms with Gasteiger partial charge in [0, 0.05) is 25.4 Å². The van der Waals surface area contributed by atoms with E-state index in [9.17, 15) is 0 Å². The number of ether oxygens (including phenoxy) is 1. The smallest absolute Gasteiger partial charge is 0.146 e. The Hall–Kier alpha value is -1.26. The van der Waals surface area contributed by atoms with Crippen molar-refractivity contribution in [2.45, 2.75) is 13.0 Å². The minimum atomic E-state index is 0.577. The van der Waals surface area contributed by atoms with Crippen molar-refractivity contribution in [2.75, 3.05) is 33.6 Å². The third-order valence-electron chi connectivity index (χ3n) is 3.13. The number of hydrogen-bond donors (Lipinski definition) is 0. The van der Waals surface area contributed by atoms with Crippen molar-refractivity contribution in [3.63, 3.8) is 0 Å². The number of fused-ring (bicyclic) bond motifs is 1. The van der Waals surface area contributed by atoms with Gasteiger partial charge in [0.1, 0.15) is 17.1 Å². The van der Waals surface area contributed by atoms with E-state index in [2.05, 4.69) is 34.6 Å². The Bertz CT molecular complexity index is 551. The van der Waals surface area contributed by atoms with Crippen LogP contribution in [0.4, 0.5) is 0 Å². The monoisotopic (exact) mass is 281 g/mol. The van der Waals surface area contributed by atoms with E-state index in [4.69, 9.17) is 16.3 Å². The summed E-state index contributed by atoms with van der Waals surface area (Å²) in [4.78, 5) is 6.85. The summed E-state index contributed by atoms with van der Waals surface area (Å²) in [6.07, 6.45) is 0.771. The van der Waals surface area contributed by atoms with Crippen molar-refractivity contribution in [1.29, 1.82) is 0 Å². The third kappa shape index (κ3) is 3.01. The first kappa shape index (κ1) is 14.2. The maximum Gasteiger partial charge on any atom is 0.146 e. The molecule has 0 amide bonds. The summed E-state index contributed by atoms with van der Waals surface area (Å²) in [5, 5.41) is 0. The molecule has 0 aliphatic heterocycles. The number of hydrogen-bond acceptors (Lipinski definition) is 3. The molecule has 0 saturated heterocycles. The van der Waals surface area contributed by atoms with Crippen LogP contribution in [0.25, 0.3) is 11.0 Å². The zero-order valence-corrected chi connectivity index (χ0v) is 12.4. The predicted molar refractivity (Wildman–Crippen MR) is 79.3 cm³/mol. The van der Waals surface area contributed by atoms with Crippen LogP contribution in [-0.2, 0) is 13.0 Å². The summed E-state index contributed by atoms with van der Waals surface area (Å²) < 4.78 is 7.62. The summed E-state index contributed by atoms with van der Waals surface area (Å²) in [7, 11) is 5.82. The third-order valence-corrected chi connectivity index (χ3v) is 3.32. The summed E-state index contributed by atoms with van der Waals surface area (Å²) in [5.74, 6) is 2.42. The van der Waals surface area contributed by atoms with Crippen LogP contribution in [0.3, 0.4) is 0 Å². The maximum absolute atomic E-state index is 5.88. The predicted octanol–water partition coefficient (Wildman–Crippen LogP) is 2.39. The summed E-state index contributed by atoms with van der Waals surface area (Å²) in [5.41, 5.74) is 2.03. The van der Waals surface area contributed by atoms with E-state index in [1.807, 2.05) is 12.1 Å². The molecule has 2 aromatic rings. The second-order valence-corrected chi connectivity index (χ2v) is 5.13. The second kappa shape index (κ2) is 6.26. The maximum atomic E-state index is 5.88. The lowest BCUT2D eigenvalue weighted by molar-refractivity contribution is 0.383. The van der Waals surface area contributed by atoms with Crippen LogP contribution >= 0.6 is 11.6 Å². The minimum Gasteiger partial charge on any atom is -0.494 e. The van der Waals surface area contributed by atoms with Crippen molar-refractivity contribution >= 4 is 22.6 Å². The van der Waals surface area contributed by atoms with Gasteiger partial charge in [-0.05, 0) is 26.2 Å². The number of halogens is 1. The number of alkyl halides is 1. The molecule has 19 heavy (non-hydrogen) atoms. The second-order valence-electron chi connectivity index (χ2n) is 4.75. The van der Waals surface area contributed by atoms with Gasteiger partial charge in [0.2, 0.25) is 0 Å². The summed E-state index contributed by atoms with van der Waals surface area (Å²) >= 11 is 5.88. The fourth-order valence-electron chi connectivity index (χ4n) is 2.16. The molecule has 0 atom stereocenters. The number of rotatable bonds is 6. The van der Waals surface area contributed by atoms with Crippen LogP contribution in [-0.4, -0.2) is 48.1 Å². The molecule has 0 bridgehead atoms. The number of aryl methyl sites for hydroxylation is 1. The van der Waals surface area contributed by atoms with E-state index in [1.165, 1.54) is 0 Å². The molecule has 0 spiro atoms. The fraction of sp³-hybridized carbons (Fsp3) is 0.500. The van der Waals surface area contributed by atoms with Crippen molar-refractivity contribution in [1.82, 2.24) is 14.5 Å². The molecule has 1 heterocycles. The van der Waals surface area contributed by atoms with E-state index in [-0.39, 0.29) is 0 Å². The van der Waals surface area contributed by atoms with Gasteiger partial charge in [0.25, 0.3) is 0 Å². The quantitative estimate of drug-likeness (QED) is 0.762. The highest BCUT2D eigenvalue weighted by molar-refractivity contribution is 6.17. The standard InChI is InChI=1S/C14H20ClN3O/c1-17(2)9-10-18-11-5-4-6-12(19-3)14(11)16-13(18)7-8-15/h4-6H,7-10H2,1-3H3. The van der Waals surface area contributed by atoms with Crippen LogP contribution in [0, 0.1) is 0 Å². The number of methoxy groups -OCH3 is 1. The molecular formula is C14H20ClN3O. The van der Waals surface area contributed by atoms with Crippen molar-refractivity contribution < 1.29 is 4.74 Å². The highest BCUT2D eigenvalue weighted by Gasteiger charge is 2.13. The van der Waals surface area contributed by atoms with Gasteiger partial charge >= 0.3 is 0 Å². The van der Waals surface area contributed by atoms with Crippen LogP contribution in [0.2, 0.25) is 0 Å². The van der Waals surface area contributed by atoms with Gasteiger partial charge in [-0.2, -0.15) is 0 Å². The molecule has 0 aliphatic carbocycles. The number of aromatic nitrogens is 2. The Morgan fingerprint density at radius 2 is 2.16 bits per heavy atom. The highest BCUT2D eigenvalue weighted by Crippen LogP contribution is 2.26. The molecule has 0 aliphatic rings. The van der Waals surface area contributed by atoms with Crippen molar-refractivity contribution in [2.24, 2.45) is 0 Å². The van der Waals surface area contributed by atoms with Gasteiger partial charge in [0.05, 0.1) is 12.6 Å². The minimum absolute atomic E-state index is 0.577. The largest absolute Gasteiger partial charge is 0.494 e. The van der Waals surface area contributed by atoms with Gasteiger partial charge in [0.15, 0.2) is 0 Å². The number of nitrogens with zero attached hydrogens (tertiary/aromatic N) is 3. The Morgan fingerprint density at radius 3 is 2.79 bits per heavy atom. The Kier molecular flexibility index (Phi) is 4.66. The number of likely N-dealkylation sites (N-methyl/N-ethyl adjacent to an activating group) is 1. The Balaban J connectivity index is 2.47. The first-order chi connectivity index (χ1) is 9.17. The number of imidazole rings is 1. The molecule has 5 heteroatoms. The Labute approximate surface area is 118 Å². The van der Waals surface area contributed by atoms with Crippen LogP contribution < -0.4 is 4.74 Å². The molecule has 1 aromatic carbocycles. The molecule has 0 fully saturated rings. The van der Waals surface area contributed by atoms with Crippen molar-refractivity contribution in [3.8, 4) is 5.75 Å². The SMILES string of the molecule is COc1cccc2c1nc(CCCl)n2CCN(C)C. The van der Waals surface area contributed by atoms with E-state index >= 15 is 0 Å². The lowest BCUT2D eigenvalue weighted by Crippen LogP contribution is -2.19. The first-order valence-corrected chi connectivity index (χ1v) is 6.93. The molecule has 104 valence electrons. The van der Waals surface area contributed by atoms with Crippen LogP contribution in [0.5, 0.6) is 5.75 Å². The summed E-state index contributed by atoms with van der Waals surface area (Å²) in [6.45, 7) is 1.88. The normalized spacial score (nSPS) is 11.4. The molecule has 2 rings (SSSR count). The zero-order valence-electron chi connectivity index (χ0n) is 11.7. The average Bonchev–Trinajstić information content (AvgIpc) is 2.74. The van der Waals surface area contributed by atoms with Gasteiger partial charge in [-0.1, -0.05) is 6.07 Å². The van der Waals surface area contributed by atoms with Gasteiger partial charge in [-0.15, -0.1) is 11.6 Å². The molecule has 0 unspecified atom stereocenters. The lowest BCUT2D eigenvalue weighted by Gasteiger charge is -2.13. The molecule has 1 aromatic heterocycles. The van der Waals surface area contributed by atoms with E-state index in [1.54, 1.807) is 7.11 Å². The molecule has 0 saturated carbocycles. The Morgan fingerprint density at radius 1 is 1.37 bits per heavy atom. The van der Waals surface area contributed by atoms with Gasteiger partial charge in [-0.25, -0.2) is 4.98 Å². The van der Waals surface area contributed by atoms with E-state index < -0.39 is 0 Å². The molecule has 0 N–H and O–H groups in total. The average molecular weight is 282 g/mol. The van der Waals surface area contributed by atoms with Gasteiger partial charge in [-0.3, -0.25) is 0 Å². The molecule has 0 radical (unpaired) electrons. The van der Waals surface area contributed by atoms with Crippen LogP contribution in [0.15, 0.2) is 18.2 Å². The van der Waals surface area contributed by atoms with Crippen LogP contribution in [0.1, 0.15) is 5.82 Å². The van der Waals surface area contributed by atoms with E-state index in [0.29, 0.717) is 5.88 Å². The first-order valence-electron chi connectivity index (χ1n) is 6.40. The molecular weight excluding hydrogens is 262 g/mol. The number of para-hydroxylation sites is 1.